The number of hydrogen-bond donors (Lipinski definition) is 2. The first-order valence-electron chi connectivity index (χ1n) is 5.13. The van der Waals surface area contributed by atoms with Crippen molar-refractivity contribution in [2.45, 2.75) is 19.5 Å². The molecule has 1 aromatic rings. The van der Waals surface area contributed by atoms with Crippen molar-refractivity contribution in [2.24, 2.45) is 5.73 Å². The van der Waals surface area contributed by atoms with E-state index in [-0.39, 0.29) is 18.6 Å². The molecule has 88 valence electrons. The number of rotatable bonds is 4. The van der Waals surface area contributed by atoms with Crippen LogP contribution in [-0.4, -0.2) is 40.6 Å². The van der Waals surface area contributed by atoms with E-state index in [1.165, 1.54) is 4.90 Å². The number of nitrogens with two attached hydrogens (primary N) is 1. The largest absolute Gasteiger partial charge is 0.394 e. The molecule has 16 heavy (non-hydrogen) atoms. The maximum Gasteiger partial charge on any atom is 0.272 e. The van der Waals surface area contributed by atoms with Gasteiger partial charge in [-0.2, -0.15) is 0 Å². The van der Waals surface area contributed by atoms with Crippen LogP contribution in [-0.2, 0) is 6.54 Å². The fourth-order valence-corrected chi connectivity index (χ4v) is 1.18. The summed E-state index contributed by atoms with van der Waals surface area (Å²) in [7, 11) is 1.64. The van der Waals surface area contributed by atoms with E-state index in [0.29, 0.717) is 12.2 Å². The van der Waals surface area contributed by atoms with Crippen molar-refractivity contribution in [3.63, 3.8) is 0 Å². The highest BCUT2D eigenvalue weighted by atomic mass is 16.3. The molecule has 1 rings (SSSR count). The van der Waals surface area contributed by atoms with Crippen LogP contribution in [0.4, 0.5) is 0 Å². The van der Waals surface area contributed by atoms with Crippen molar-refractivity contribution in [2.75, 3.05) is 13.7 Å². The van der Waals surface area contributed by atoms with Crippen LogP contribution in [0.1, 0.15) is 23.0 Å². The Morgan fingerprint density at radius 3 is 2.75 bits per heavy atom. The van der Waals surface area contributed by atoms with E-state index in [0.717, 1.165) is 5.56 Å². The minimum Gasteiger partial charge on any atom is -0.394 e. The second-order valence-corrected chi connectivity index (χ2v) is 3.70. The topological polar surface area (TPSA) is 79.5 Å². The maximum absolute atomic E-state index is 11.9. The lowest BCUT2D eigenvalue weighted by molar-refractivity contribution is 0.0676. The van der Waals surface area contributed by atoms with Gasteiger partial charge in [-0.05, 0) is 18.6 Å². The summed E-state index contributed by atoms with van der Waals surface area (Å²) in [6.07, 6.45) is 1.59. The molecular formula is C11H17N3O2. The molecule has 1 atom stereocenters. The number of carbonyl (C=O) groups is 1. The van der Waals surface area contributed by atoms with Gasteiger partial charge in [-0.15, -0.1) is 0 Å². The quantitative estimate of drug-likeness (QED) is 0.752. The molecule has 0 saturated carbocycles. The van der Waals surface area contributed by atoms with Gasteiger partial charge in [-0.25, -0.2) is 0 Å². The molecule has 0 aliphatic heterocycles. The number of carbonyl (C=O) groups excluding carboxylic acids is 1. The third kappa shape index (κ3) is 2.77. The fourth-order valence-electron chi connectivity index (χ4n) is 1.18. The SMILES string of the molecule is CC(CO)N(C)C(=O)c1ccc(CN)cn1. The molecule has 0 bridgehead atoms. The lowest BCUT2D eigenvalue weighted by atomic mass is 10.2. The van der Waals surface area contributed by atoms with Crippen molar-refractivity contribution < 1.29 is 9.90 Å². The second-order valence-electron chi connectivity index (χ2n) is 3.70. The molecule has 0 spiro atoms. The van der Waals surface area contributed by atoms with E-state index in [9.17, 15) is 4.79 Å². The van der Waals surface area contributed by atoms with E-state index in [2.05, 4.69) is 4.98 Å². The third-order valence-electron chi connectivity index (χ3n) is 2.53. The normalized spacial score (nSPS) is 12.2. The molecule has 0 aliphatic rings. The van der Waals surface area contributed by atoms with Gasteiger partial charge in [-0.1, -0.05) is 6.07 Å². The average molecular weight is 223 g/mol. The van der Waals surface area contributed by atoms with E-state index < -0.39 is 0 Å². The number of likely N-dealkylation sites (N-methyl/N-ethyl adjacent to an activating group) is 1. The number of hydrogen-bond acceptors (Lipinski definition) is 4. The van der Waals surface area contributed by atoms with E-state index >= 15 is 0 Å². The Labute approximate surface area is 94.9 Å². The first kappa shape index (κ1) is 12.6. The first-order valence-corrected chi connectivity index (χ1v) is 5.13. The zero-order valence-corrected chi connectivity index (χ0v) is 9.55. The summed E-state index contributed by atoms with van der Waals surface area (Å²) >= 11 is 0. The molecule has 0 aromatic carbocycles. The molecule has 0 saturated heterocycles. The first-order chi connectivity index (χ1) is 7.60. The summed E-state index contributed by atoms with van der Waals surface area (Å²) < 4.78 is 0. The van der Waals surface area contributed by atoms with Crippen LogP contribution in [0, 0.1) is 0 Å². The van der Waals surface area contributed by atoms with Gasteiger partial charge in [0.2, 0.25) is 0 Å². The molecule has 0 radical (unpaired) electrons. The minimum absolute atomic E-state index is 0.0663. The lowest BCUT2D eigenvalue weighted by Gasteiger charge is -2.22. The lowest BCUT2D eigenvalue weighted by Crippen LogP contribution is -2.37. The second kappa shape index (κ2) is 5.58. The molecule has 1 amide bonds. The number of aromatic nitrogens is 1. The van der Waals surface area contributed by atoms with E-state index in [1.54, 1.807) is 32.3 Å². The van der Waals surface area contributed by atoms with E-state index in [1.807, 2.05) is 0 Å². The summed E-state index contributed by atoms with van der Waals surface area (Å²) in [5.74, 6) is -0.204. The molecule has 5 nitrogen and oxygen atoms in total. The summed E-state index contributed by atoms with van der Waals surface area (Å²) in [4.78, 5) is 17.4. The molecule has 1 aromatic heterocycles. The van der Waals surface area contributed by atoms with Crippen LogP contribution in [0.3, 0.4) is 0 Å². The van der Waals surface area contributed by atoms with Gasteiger partial charge in [0.1, 0.15) is 5.69 Å². The van der Waals surface area contributed by atoms with Gasteiger partial charge in [0.25, 0.3) is 5.91 Å². The van der Waals surface area contributed by atoms with Crippen molar-refractivity contribution >= 4 is 5.91 Å². The summed E-state index contributed by atoms with van der Waals surface area (Å²) in [6.45, 7) is 2.11. The molecule has 1 heterocycles. The molecule has 1 unspecified atom stereocenters. The number of amides is 1. The Balaban J connectivity index is 2.80. The fraction of sp³-hybridized carbons (Fsp3) is 0.455. The van der Waals surface area contributed by atoms with Gasteiger partial charge >= 0.3 is 0 Å². The van der Waals surface area contributed by atoms with Crippen molar-refractivity contribution in [3.8, 4) is 0 Å². The highest BCUT2D eigenvalue weighted by molar-refractivity contribution is 5.92. The number of aliphatic hydroxyl groups is 1. The van der Waals surface area contributed by atoms with Crippen LogP contribution in [0.15, 0.2) is 18.3 Å². The monoisotopic (exact) mass is 223 g/mol. The highest BCUT2D eigenvalue weighted by Gasteiger charge is 2.17. The average Bonchev–Trinajstić information content (AvgIpc) is 2.36. The Kier molecular flexibility index (Phi) is 4.39. The Morgan fingerprint density at radius 2 is 2.31 bits per heavy atom. The van der Waals surface area contributed by atoms with Crippen LogP contribution >= 0.6 is 0 Å². The van der Waals surface area contributed by atoms with Gasteiger partial charge in [0.15, 0.2) is 0 Å². The van der Waals surface area contributed by atoms with Gasteiger partial charge < -0.3 is 15.7 Å². The van der Waals surface area contributed by atoms with Crippen molar-refractivity contribution in [1.82, 2.24) is 9.88 Å². The Bertz CT molecular complexity index is 351. The predicted molar refractivity (Wildman–Crippen MR) is 60.8 cm³/mol. The van der Waals surface area contributed by atoms with Crippen LogP contribution in [0.2, 0.25) is 0 Å². The molecular weight excluding hydrogens is 206 g/mol. The number of nitrogens with zero attached hydrogens (tertiary/aromatic N) is 2. The minimum atomic E-state index is -0.219. The van der Waals surface area contributed by atoms with Crippen LogP contribution < -0.4 is 5.73 Å². The molecule has 0 fully saturated rings. The maximum atomic E-state index is 11.9. The zero-order valence-electron chi connectivity index (χ0n) is 9.55. The van der Waals surface area contributed by atoms with E-state index in [4.69, 9.17) is 10.8 Å². The van der Waals surface area contributed by atoms with Crippen LogP contribution in [0.5, 0.6) is 0 Å². The molecule has 5 heteroatoms. The predicted octanol–water partition coefficient (Wildman–Crippen LogP) is -0.00690. The Morgan fingerprint density at radius 1 is 1.62 bits per heavy atom. The van der Waals surface area contributed by atoms with Crippen LogP contribution in [0.25, 0.3) is 0 Å². The highest BCUT2D eigenvalue weighted by Crippen LogP contribution is 2.05. The summed E-state index contributed by atoms with van der Waals surface area (Å²) in [6, 6.07) is 3.20. The summed E-state index contributed by atoms with van der Waals surface area (Å²) in [5.41, 5.74) is 6.68. The number of pyridine rings is 1. The third-order valence-corrected chi connectivity index (χ3v) is 2.53. The Hall–Kier alpha value is -1.46. The standard InChI is InChI=1S/C11H17N3O2/c1-8(7-15)14(2)11(16)10-4-3-9(5-12)6-13-10/h3-4,6,8,15H,5,7,12H2,1-2H3. The van der Waals surface area contributed by atoms with Gasteiger partial charge in [-0.3, -0.25) is 9.78 Å². The molecule has 3 N–H and O–H groups in total. The molecule has 0 aliphatic carbocycles. The smallest absolute Gasteiger partial charge is 0.272 e. The summed E-state index contributed by atoms with van der Waals surface area (Å²) in [5, 5.41) is 8.95. The zero-order chi connectivity index (χ0) is 12.1. The van der Waals surface area contributed by atoms with Crippen molar-refractivity contribution in [1.29, 1.82) is 0 Å². The van der Waals surface area contributed by atoms with Crippen molar-refractivity contribution in [3.05, 3.63) is 29.6 Å². The number of aliphatic hydroxyl groups excluding tert-OH is 1. The van der Waals surface area contributed by atoms with Gasteiger partial charge in [0.05, 0.1) is 12.6 Å². The van der Waals surface area contributed by atoms with Gasteiger partial charge in [0, 0.05) is 19.8 Å².